The van der Waals surface area contributed by atoms with E-state index in [0.29, 0.717) is 0 Å². The first kappa shape index (κ1) is 12.6. The zero-order valence-electron chi connectivity index (χ0n) is 10.5. The van der Waals surface area contributed by atoms with E-state index < -0.39 is 12.0 Å². The molecule has 2 N–H and O–H groups in total. The lowest BCUT2D eigenvalue weighted by atomic mass is 10.0. The molecule has 1 amide bonds. The fourth-order valence-corrected chi connectivity index (χ4v) is 2.21. The molecule has 1 aliphatic carbocycles. The summed E-state index contributed by atoms with van der Waals surface area (Å²) in [6.45, 7) is 3.51. The first-order valence-corrected chi connectivity index (χ1v) is 6.09. The highest BCUT2D eigenvalue weighted by Crippen LogP contribution is 2.48. The van der Waals surface area contributed by atoms with E-state index in [9.17, 15) is 9.59 Å². The van der Waals surface area contributed by atoms with Crippen LogP contribution in [0.3, 0.4) is 0 Å². The first-order chi connectivity index (χ1) is 8.50. The van der Waals surface area contributed by atoms with E-state index in [2.05, 4.69) is 5.32 Å². The molecule has 0 aromatic heterocycles. The summed E-state index contributed by atoms with van der Waals surface area (Å²) in [7, 11) is 0. The Bertz CT molecular complexity index is 484. The molecular formula is C14H17NO3. The van der Waals surface area contributed by atoms with Gasteiger partial charge in [-0.15, -0.1) is 0 Å². The van der Waals surface area contributed by atoms with Crippen molar-refractivity contribution in [2.24, 2.45) is 5.92 Å². The maximum Gasteiger partial charge on any atom is 0.325 e. The van der Waals surface area contributed by atoms with Crippen LogP contribution in [0.1, 0.15) is 30.4 Å². The van der Waals surface area contributed by atoms with Crippen molar-refractivity contribution in [3.8, 4) is 0 Å². The third-order valence-corrected chi connectivity index (χ3v) is 3.44. The van der Waals surface area contributed by atoms with E-state index >= 15 is 0 Å². The van der Waals surface area contributed by atoms with E-state index in [4.69, 9.17) is 5.11 Å². The molecule has 1 fully saturated rings. The van der Waals surface area contributed by atoms with Crippen LogP contribution < -0.4 is 5.32 Å². The molecule has 4 heteroatoms. The molecule has 96 valence electrons. The van der Waals surface area contributed by atoms with Gasteiger partial charge in [-0.25, -0.2) is 0 Å². The number of carbonyl (C=O) groups is 2. The van der Waals surface area contributed by atoms with Gasteiger partial charge in [-0.2, -0.15) is 0 Å². The Kier molecular flexibility index (Phi) is 3.36. The minimum absolute atomic E-state index is 0.0760. The standard InChI is InChI=1S/C14H17NO3/c1-8-5-3-4-6-10(8)11-7-12(11)13(16)15-9(2)14(17)18/h3-6,9,11-12H,7H2,1-2H3,(H,15,16)(H,17,18)/t9-,11-,12-/m0/s1. The Morgan fingerprint density at radius 1 is 1.39 bits per heavy atom. The third kappa shape index (κ3) is 2.53. The van der Waals surface area contributed by atoms with Gasteiger partial charge in [0.2, 0.25) is 5.91 Å². The number of aliphatic carboxylic acids is 1. The van der Waals surface area contributed by atoms with E-state index in [0.717, 1.165) is 6.42 Å². The third-order valence-electron chi connectivity index (χ3n) is 3.44. The molecule has 2 rings (SSSR count). The Labute approximate surface area is 106 Å². The van der Waals surface area contributed by atoms with Crippen molar-refractivity contribution in [2.45, 2.75) is 32.2 Å². The van der Waals surface area contributed by atoms with Crippen LogP contribution in [0.4, 0.5) is 0 Å². The summed E-state index contributed by atoms with van der Waals surface area (Å²) >= 11 is 0. The summed E-state index contributed by atoms with van der Waals surface area (Å²) < 4.78 is 0. The number of carboxylic acid groups (broad SMARTS) is 1. The number of hydrogen-bond acceptors (Lipinski definition) is 2. The Morgan fingerprint density at radius 2 is 2.06 bits per heavy atom. The molecule has 3 atom stereocenters. The molecule has 18 heavy (non-hydrogen) atoms. The van der Waals surface area contributed by atoms with Crippen LogP contribution >= 0.6 is 0 Å². The fraction of sp³-hybridized carbons (Fsp3) is 0.429. The van der Waals surface area contributed by atoms with Crippen LogP contribution in [0.15, 0.2) is 24.3 Å². The lowest BCUT2D eigenvalue weighted by molar-refractivity contribution is -0.141. The van der Waals surface area contributed by atoms with Crippen molar-refractivity contribution in [1.29, 1.82) is 0 Å². The highest BCUT2D eigenvalue weighted by atomic mass is 16.4. The number of carboxylic acids is 1. The summed E-state index contributed by atoms with van der Waals surface area (Å²) in [5.41, 5.74) is 2.38. The van der Waals surface area contributed by atoms with Crippen LogP contribution in [-0.2, 0) is 9.59 Å². The maximum absolute atomic E-state index is 11.8. The van der Waals surface area contributed by atoms with E-state index in [1.165, 1.54) is 18.1 Å². The van der Waals surface area contributed by atoms with E-state index in [1.807, 2.05) is 31.2 Å². The summed E-state index contributed by atoms with van der Waals surface area (Å²) in [5, 5.41) is 11.3. The van der Waals surface area contributed by atoms with Crippen molar-refractivity contribution in [2.75, 3.05) is 0 Å². The van der Waals surface area contributed by atoms with Crippen LogP contribution in [0.2, 0.25) is 0 Å². The molecule has 1 saturated carbocycles. The van der Waals surface area contributed by atoms with Gasteiger partial charge in [0.05, 0.1) is 0 Å². The van der Waals surface area contributed by atoms with Gasteiger partial charge in [0, 0.05) is 5.92 Å². The number of benzene rings is 1. The molecule has 1 aromatic carbocycles. The highest BCUT2D eigenvalue weighted by Gasteiger charge is 2.44. The largest absolute Gasteiger partial charge is 0.480 e. The fourth-order valence-electron chi connectivity index (χ4n) is 2.21. The topological polar surface area (TPSA) is 66.4 Å². The maximum atomic E-state index is 11.8. The van der Waals surface area contributed by atoms with Crippen LogP contribution in [0, 0.1) is 12.8 Å². The SMILES string of the molecule is Cc1ccccc1[C@@H]1C[C@@H]1C(=O)N[C@@H](C)C(=O)O. The van der Waals surface area contributed by atoms with Crippen molar-refractivity contribution in [1.82, 2.24) is 5.32 Å². The monoisotopic (exact) mass is 247 g/mol. The van der Waals surface area contributed by atoms with Gasteiger partial charge in [-0.3, -0.25) is 9.59 Å². The zero-order chi connectivity index (χ0) is 13.3. The predicted octanol–water partition coefficient (Wildman–Crippen LogP) is 1.69. The number of aryl methyl sites for hydroxylation is 1. The van der Waals surface area contributed by atoms with Crippen molar-refractivity contribution < 1.29 is 14.7 Å². The second-order valence-corrected chi connectivity index (χ2v) is 4.87. The number of nitrogens with one attached hydrogen (secondary N) is 1. The van der Waals surface area contributed by atoms with Gasteiger partial charge < -0.3 is 10.4 Å². The lowest BCUT2D eigenvalue weighted by Gasteiger charge is -2.09. The van der Waals surface area contributed by atoms with Gasteiger partial charge in [0.15, 0.2) is 0 Å². The van der Waals surface area contributed by atoms with Crippen molar-refractivity contribution in [3.05, 3.63) is 35.4 Å². The van der Waals surface area contributed by atoms with Crippen LogP contribution in [0.25, 0.3) is 0 Å². The second kappa shape index (κ2) is 4.80. The number of carbonyl (C=O) groups excluding carboxylic acids is 1. The molecule has 0 saturated heterocycles. The molecule has 4 nitrogen and oxygen atoms in total. The molecule has 0 radical (unpaired) electrons. The molecule has 0 bridgehead atoms. The Morgan fingerprint density at radius 3 is 2.67 bits per heavy atom. The van der Waals surface area contributed by atoms with E-state index in [-0.39, 0.29) is 17.7 Å². The quantitative estimate of drug-likeness (QED) is 0.850. The number of amides is 1. The average Bonchev–Trinajstić information content (AvgIpc) is 3.09. The van der Waals surface area contributed by atoms with Gasteiger partial charge in [0.25, 0.3) is 0 Å². The molecule has 0 spiro atoms. The summed E-state index contributed by atoms with van der Waals surface area (Å²) in [6, 6.07) is 7.19. The van der Waals surface area contributed by atoms with Crippen molar-refractivity contribution >= 4 is 11.9 Å². The summed E-state index contributed by atoms with van der Waals surface area (Å²) in [4.78, 5) is 22.5. The average molecular weight is 247 g/mol. The molecule has 0 aliphatic heterocycles. The lowest BCUT2D eigenvalue weighted by Crippen LogP contribution is -2.39. The van der Waals surface area contributed by atoms with Gasteiger partial charge in [-0.1, -0.05) is 24.3 Å². The van der Waals surface area contributed by atoms with Crippen molar-refractivity contribution in [3.63, 3.8) is 0 Å². The van der Waals surface area contributed by atoms with Crippen LogP contribution in [-0.4, -0.2) is 23.0 Å². The Balaban J connectivity index is 1.97. The minimum Gasteiger partial charge on any atom is -0.480 e. The predicted molar refractivity (Wildman–Crippen MR) is 67.3 cm³/mol. The first-order valence-electron chi connectivity index (χ1n) is 6.09. The minimum atomic E-state index is -1.00. The summed E-state index contributed by atoms with van der Waals surface area (Å²) in [6.07, 6.45) is 0.809. The highest BCUT2D eigenvalue weighted by molar-refractivity contribution is 5.87. The Hall–Kier alpha value is -1.84. The zero-order valence-corrected chi connectivity index (χ0v) is 10.5. The summed E-state index contributed by atoms with van der Waals surface area (Å²) in [5.74, 6) is -0.991. The van der Waals surface area contributed by atoms with Gasteiger partial charge >= 0.3 is 5.97 Å². The smallest absolute Gasteiger partial charge is 0.325 e. The molecule has 0 heterocycles. The number of rotatable bonds is 4. The van der Waals surface area contributed by atoms with Gasteiger partial charge in [0.1, 0.15) is 6.04 Å². The molecular weight excluding hydrogens is 230 g/mol. The normalized spacial score (nSPS) is 23.2. The van der Waals surface area contributed by atoms with E-state index in [1.54, 1.807) is 0 Å². The molecule has 1 aliphatic rings. The molecule has 1 aromatic rings. The second-order valence-electron chi connectivity index (χ2n) is 4.87. The van der Waals surface area contributed by atoms with Gasteiger partial charge in [-0.05, 0) is 37.3 Å². The number of hydrogen-bond donors (Lipinski definition) is 2. The van der Waals surface area contributed by atoms with Crippen LogP contribution in [0.5, 0.6) is 0 Å². The molecule has 0 unspecified atom stereocenters.